The van der Waals surface area contributed by atoms with Crippen molar-refractivity contribution >= 4 is 5.91 Å². The number of nitrogens with two attached hydrogens (primary N) is 1. The summed E-state index contributed by atoms with van der Waals surface area (Å²) in [5, 5.41) is 0. The molecule has 0 saturated carbocycles. The van der Waals surface area contributed by atoms with E-state index in [-0.39, 0.29) is 17.7 Å². The summed E-state index contributed by atoms with van der Waals surface area (Å²) in [7, 11) is 0. The lowest BCUT2D eigenvalue weighted by molar-refractivity contribution is -0.0499. The minimum absolute atomic E-state index is 0.00514. The third-order valence-corrected chi connectivity index (χ3v) is 2.82. The van der Waals surface area contributed by atoms with E-state index >= 15 is 0 Å². The lowest BCUT2D eigenvalue weighted by Crippen LogP contribution is -2.31. The Morgan fingerprint density at radius 1 is 1.50 bits per heavy atom. The highest BCUT2D eigenvalue weighted by Gasteiger charge is 2.24. The molecule has 1 aromatic rings. The van der Waals surface area contributed by atoms with Gasteiger partial charge in [0.2, 0.25) is 0 Å². The highest BCUT2D eigenvalue weighted by Crippen LogP contribution is 2.19. The van der Waals surface area contributed by atoms with Gasteiger partial charge in [-0.1, -0.05) is 6.07 Å². The van der Waals surface area contributed by atoms with Crippen LogP contribution in [0.25, 0.3) is 0 Å². The zero-order chi connectivity index (χ0) is 13.1. The van der Waals surface area contributed by atoms with Crippen molar-refractivity contribution in [2.45, 2.75) is 19.1 Å². The van der Waals surface area contributed by atoms with Crippen LogP contribution in [0, 0.1) is 0 Å². The second-order valence-corrected chi connectivity index (χ2v) is 4.21. The van der Waals surface area contributed by atoms with Gasteiger partial charge in [0, 0.05) is 24.7 Å². The number of nitrogens with zero attached hydrogens (tertiary/aromatic N) is 1. The van der Waals surface area contributed by atoms with Gasteiger partial charge in [0.25, 0.3) is 5.91 Å². The fourth-order valence-corrected chi connectivity index (χ4v) is 1.96. The molecule has 0 bridgehead atoms. The zero-order valence-electron chi connectivity index (χ0n) is 9.68. The topological polar surface area (TPSA) is 55.6 Å². The number of halogens is 2. The summed E-state index contributed by atoms with van der Waals surface area (Å²) in [4.78, 5) is 13.7. The Labute approximate surface area is 103 Å². The van der Waals surface area contributed by atoms with Gasteiger partial charge in [-0.25, -0.2) is 0 Å². The van der Waals surface area contributed by atoms with E-state index in [1.165, 1.54) is 18.2 Å². The van der Waals surface area contributed by atoms with Crippen LogP contribution >= 0.6 is 0 Å². The molecular formula is C12H14F2N2O2. The Morgan fingerprint density at radius 2 is 2.28 bits per heavy atom. The Hall–Kier alpha value is -1.69. The molecule has 1 fully saturated rings. The molecule has 1 saturated heterocycles. The number of likely N-dealkylation sites (tertiary alicyclic amines) is 1. The molecule has 0 unspecified atom stereocenters. The van der Waals surface area contributed by atoms with E-state index in [1.54, 1.807) is 11.0 Å². The fraction of sp³-hybridized carbons (Fsp3) is 0.417. The van der Waals surface area contributed by atoms with E-state index in [1.807, 2.05) is 0 Å². The number of rotatable bonds is 3. The van der Waals surface area contributed by atoms with Crippen molar-refractivity contribution in [2.75, 3.05) is 13.1 Å². The minimum atomic E-state index is -2.89. The molecule has 0 aliphatic carbocycles. The smallest absolute Gasteiger partial charge is 0.387 e. The molecule has 6 heteroatoms. The number of alkyl halides is 2. The van der Waals surface area contributed by atoms with Gasteiger partial charge in [-0.2, -0.15) is 8.78 Å². The van der Waals surface area contributed by atoms with Crippen LogP contribution in [-0.4, -0.2) is 36.5 Å². The van der Waals surface area contributed by atoms with Gasteiger partial charge in [0.05, 0.1) is 0 Å². The first-order valence-corrected chi connectivity index (χ1v) is 5.66. The maximum Gasteiger partial charge on any atom is 0.387 e. The molecule has 2 N–H and O–H groups in total. The standard InChI is InChI=1S/C12H14F2N2O2/c13-12(14)18-10-3-1-2-8(6-10)11(17)16-5-4-9(15)7-16/h1-3,6,9,12H,4-5,7,15H2/t9-/m0/s1. The Balaban J connectivity index is 2.10. The van der Waals surface area contributed by atoms with Crippen LogP contribution in [0.5, 0.6) is 5.75 Å². The molecule has 0 aromatic heterocycles. The van der Waals surface area contributed by atoms with E-state index in [0.717, 1.165) is 6.42 Å². The Bertz CT molecular complexity index is 440. The van der Waals surface area contributed by atoms with E-state index in [4.69, 9.17) is 5.73 Å². The van der Waals surface area contributed by atoms with Gasteiger partial charge >= 0.3 is 6.61 Å². The number of benzene rings is 1. The normalized spacial score (nSPS) is 19.3. The minimum Gasteiger partial charge on any atom is -0.435 e. The van der Waals surface area contributed by atoms with Gasteiger partial charge in [-0.05, 0) is 24.6 Å². The van der Waals surface area contributed by atoms with Crippen molar-refractivity contribution in [1.82, 2.24) is 4.90 Å². The van der Waals surface area contributed by atoms with E-state index in [2.05, 4.69) is 4.74 Å². The first-order chi connectivity index (χ1) is 8.56. The third-order valence-electron chi connectivity index (χ3n) is 2.82. The number of hydrogen-bond donors (Lipinski definition) is 1. The molecule has 1 aromatic carbocycles. The molecular weight excluding hydrogens is 242 g/mol. The summed E-state index contributed by atoms with van der Waals surface area (Å²) in [6.45, 7) is -1.80. The first-order valence-electron chi connectivity index (χ1n) is 5.66. The first kappa shape index (κ1) is 12.8. The molecule has 2 rings (SSSR count). The van der Waals surface area contributed by atoms with Crippen LogP contribution in [0.4, 0.5) is 8.78 Å². The lowest BCUT2D eigenvalue weighted by Gasteiger charge is -2.16. The average Bonchev–Trinajstić information content (AvgIpc) is 2.74. The van der Waals surface area contributed by atoms with Gasteiger partial charge in [0.15, 0.2) is 0 Å². The van der Waals surface area contributed by atoms with Crippen LogP contribution in [0.15, 0.2) is 24.3 Å². The van der Waals surface area contributed by atoms with E-state index < -0.39 is 6.61 Å². The second-order valence-electron chi connectivity index (χ2n) is 4.21. The van der Waals surface area contributed by atoms with Crippen LogP contribution in [0.3, 0.4) is 0 Å². The van der Waals surface area contributed by atoms with Crippen molar-refractivity contribution in [3.63, 3.8) is 0 Å². The summed E-state index contributed by atoms with van der Waals surface area (Å²) in [6.07, 6.45) is 0.763. The van der Waals surface area contributed by atoms with E-state index in [9.17, 15) is 13.6 Å². The molecule has 98 valence electrons. The molecule has 1 aliphatic heterocycles. The fourth-order valence-electron chi connectivity index (χ4n) is 1.96. The predicted octanol–water partition coefficient (Wildman–Crippen LogP) is 1.46. The number of amides is 1. The summed E-state index contributed by atoms with van der Waals surface area (Å²) >= 11 is 0. The SMILES string of the molecule is N[C@H]1CCN(C(=O)c2cccc(OC(F)F)c2)C1. The number of carbonyl (C=O) groups is 1. The van der Waals surface area contributed by atoms with Crippen LogP contribution in [0.2, 0.25) is 0 Å². The monoisotopic (exact) mass is 256 g/mol. The zero-order valence-corrected chi connectivity index (χ0v) is 9.68. The molecule has 0 spiro atoms. The number of hydrogen-bond acceptors (Lipinski definition) is 3. The highest BCUT2D eigenvalue weighted by molar-refractivity contribution is 5.94. The quantitative estimate of drug-likeness (QED) is 0.890. The van der Waals surface area contributed by atoms with Gasteiger partial charge in [-0.3, -0.25) is 4.79 Å². The van der Waals surface area contributed by atoms with Crippen LogP contribution in [-0.2, 0) is 0 Å². The summed E-state index contributed by atoms with van der Waals surface area (Å²) in [5.74, 6) is -0.220. The second kappa shape index (κ2) is 5.30. The third kappa shape index (κ3) is 2.95. The summed E-state index contributed by atoms with van der Waals surface area (Å²) < 4.78 is 28.4. The van der Waals surface area contributed by atoms with Gasteiger partial charge in [0.1, 0.15) is 5.75 Å². The van der Waals surface area contributed by atoms with Crippen molar-refractivity contribution in [3.8, 4) is 5.75 Å². The molecule has 1 amide bonds. The maximum atomic E-state index is 12.1. The molecule has 1 heterocycles. The summed E-state index contributed by atoms with van der Waals surface area (Å²) in [5.41, 5.74) is 6.05. The molecule has 1 aliphatic rings. The molecule has 4 nitrogen and oxygen atoms in total. The predicted molar refractivity (Wildman–Crippen MR) is 61.6 cm³/mol. The summed E-state index contributed by atoms with van der Waals surface area (Å²) in [6, 6.07) is 5.79. The molecule has 1 atom stereocenters. The number of ether oxygens (including phenoxy) is 1. The molecule has 0 radical (unpaired) electrons. The van der Waals surface area contributed by atoms with Crippen molar-refractivity contribution in [3.05, 3.63) is 29.8 Å². The van der Waals surface area contributed by atoms with Crippen LogP contribution in [0.1, 0.15) is 16.8 Å². The van der Waals surface area contributed by atoms with Crippen LogP contribution < -0.4 is 10.5 Å². The average molecular weight is 256 g/mol. The Morgan fingerprint density at radius 3 is 2.89 bits per heavy atom. The van der Waals surface area contributed by atoms with Gasteiger partial charge in [-0.15, -0.1) is 0 Å². The Kier molecular flexibility index (Phi) is 3.76. The van der Waals surface area contributed by atoms with Gasteiger partial charge < -0.3 is 15.4 Å². The number of carbonyl (C=O) groups excluding carboxylic acids is 1. The van der Waals surface area contributed by atoms with Crippen molar-refractivity contribution < 1.29 is 18.3 Å². The van der Waals surface area contributed by atoms with Crippen molar-refractivity contribution in [1.29, 1.82) is 0 Å². The largest absolute Gasteiger partial charge is 0.435 e. The van der Waals surface area contributed by atoms with E-state index in [0.29, 0.717) is 18.7 Å². The molecule has 18 heavy (non-hydrogen) atoms. The lowest BCUT2D eigenvalue weighted by atomic mass is 10.2. The maximum absolute atomic E-state index is 12.1. The van der Waals surface area contributed by atoms with Crippen molar-refractivity contribution in [2.24, 2.45) is 5.73 Å². The highest BCUT2D eigenvalue weighted by atomic mass is 19.3.